The van der Waals surface area contributed by atoms with E-state index >= 15 is 0 Å². The minimum absolute atomic E-state index is 0.164. The second-order valence-corrected chi connectivity index (χ2v) is 7.49. The lowest BCUT2D eigenvalue weighted by atomic mass is 9.67. The highest BCUT2D eigenvalue weighted by Crippen LogP contribution is 2.43. The first kappa shape index (κ1) is 15.5. The normalized spacial score (nSPS) is 19.4. The first-order valence-corrected chi connectivity index (χ1v) is 8.77. The summed E-state index contributed by atoms with van der Waals surface area (Å²) in [5, 5.41) is 8.67. The standard InChI is InChI=1S/C15H24N2O2S/c1-3-15(9-4-10-15)11-17-12(2)13-5-7-14(8-6-13)20(16,18)19/h5-8,12,17H,3-4,9-11H2,1-2H3,(H2,16,18,19). The number of nitrogens with one attached hydrogen (secondary N) is 1. The number of sulfonamides is 1. The van der Waals surface area contributed by atoms with Crippen LogP contribution in [0.2, 0.25) is 0 Å². The number of benzene rings is 1. The Morgan fingerprint density at radius 1 is 1.30 bits per heavy atom. The lowest BCUT2D eigenvalue weighted by molar-refractivity contribution is 0.120. The quantitative estimate of drug-likeness (QED) is 0.847. The molecule has 0 amide bonds. The van der Waals surface area contributed by atoms with Crippen molar-refractivity contribution in [1.29, 1.82) is 0 Å². The molecule has 1 saturated carbocycles. The summed E-state index contributed by atoms with van der Waals surface area (Å²) < 4.78 is 22.4. The first-order chi connectivity index (χ1) is 9.36. The highest BCUT2D eigenvalue weighted by molar-refractivity contribution is 7.89. The van der Waals surface area contributed by atoms with E-state index in [4.69, 9.17) is 5.14 Å². The third-order valence-corrected chi connectivity index (χ3v) is 5.59. The number of primary sulfonamides is 1. The molecule has 0 bridgehead atoms. The van der Waals surface area contributed by atoms with E-state index in [1.54, 1.807) is 12.1 Å². The smallest absolute Gasteiger partial charge is 0.238 e. The predicted molar refractivity (Wildman–Crippen MR) is 80.8 cm³/mol. The molecule has 112 valence electrons. The molecule has 1 fully saturated rings. The molecule has 0 aliphatic heterocycles. The maximum Gasteiger partial charge on any atom is 0.238 e. The second-order valence-electron chi connectivity index (χ2n) is 5.92. The van der Waals surface area contributed by atoms with Gasteiger partial charge in [0.15, 0.2) is 0 Å². The average molecular weight is 296 g/mol. The van der Waals surface area contributed by atoms with E-state index in [1.165, 1.54) is 25.7 Å². The minimum Gasteiger partial charge on any atom is -0.310 e. The van der Waals surface area contributed by atoms with Crippen LogP contribution in [0.25, 0.3) is 0 Å². The maximum absolute atomic E-state index is 11.2. The molecular weight excluding hydrogens is 272 g/mol. The zero-order valence-corrected chi connectivity index (χ0v) is 13.0. The summed E-state index contributed by atoms with van der Waals surface area (Å²) in [7, 11) is -3.60. The molecule has 3 N–H and O–H groups in total. The summed E-state index contributed by atoms with van der Waals surface area (Å²) in [4.78, 5) is 0.164. The van der Waals surface area contributed by atoms with E-state index in [-0.39, 0.29) is 10.9 Å². The molecule has 0 heterocycles. The zero-order chi connectivity index (χ0) is 14.8. The maximum atomic E-state index is 11.2. The molecule has 0 spiro atoms. The molecule has 5 heteroatoms. The van der Waals surface area contributed by atoms with E-state index in [0.29, 0.717) is 5.41 Å². The summed E-state index contributed by atoms with van der Waals surface area (Å²) in [5.41, 5.74) is 1.57. The van der Waals surface area contributed by atoms with Crippen molar-refractivity contribution in [3.05, 3.63) is 29.8 Å². The van der Waals surface area contributed by atoms with Crippen LogP contribution in [0.3, 0.4) is 0 Å². The first-order valence-electron chi connectivity index (χ1n) is 7.22. The van der Waals surface area contributed by atoms with Gasteiger partial charge in [0.05, 0.1) is 4.90 Å². The van der Waals surface area contributed by atoms with E-state index in [1.807, 2.05) is 12.1 Å². The van der Waals surface area contributed by atoms with Gasteiger partial charge >= 0.3 is 0 Å². The van der Waals surface area contributed by atoms with Crippen molar-refractivity contribution in [3.8, 4) is 0 Å². The van der Waals surface area contributed by atoms with Crippen LogP contribution in [0.1, 0.15) is 51.1 Å². The Kier molecular flexibility index (Phi) is 4.52. The lowest BCUT2D eigenvalue weighted by Crippen LogP contribution is -2.40. The zero-order valence-electron chi connectivity index (χ0n) is 12.2. The Hall–Kier alpha value is -0.910. The van der Waals surface area contributed by atoms with Crippen molar-refractivity contribution in [3.63, 3.8) is 0 Å². The Morgan fingerprint density at radius 3 is 2.30 bits per heavy atom. The number of hydrogen-bond donors (Lipinski definition) is 2. The second kappa shape index (κ2) is 5.84. The van der Waals surface area contributed by atoms with Crippen molar-refractivity contribution in [2.75, 3.05) is 6.54 Å². The molecule has 0 aromatic heterocycles. The third-order valence-electron chi connectivity index (χ3n) is 4.66. The molecule has 1 atom stereocenters. The highest BCUT2D eigenvalue weighted by atomic mass is 32.2. The molecule has 20 heavy (non-hydrogen) atoms. The lowest BCUT2D eigenvalue weighted by Gasteiger charge is -2.42. The summed E-state index contributed by atoms with van der Waals surface area (Å²) in [6, 6.07) is 7.02. The molecule has 2 rings (SSSR count). The van der Waals surface area contributed by atoms with E-state index in [0.717, 1.165) is 12.1 Å². The fraction of sp³-hybridized carbons (Fsp3) is 0.600. The van der Waals surface area contributed by atoms with Crippen LogP contribution in [-0.2, 0) is 10.0 Å². The van der Waals surface area contributed by atoms with Gasteiger partial charge in [0.2, 0.25) is 10.0 Å². The number of rotatable bonds is 6. The van der Waals surface area contributed by atoms with Gasteiger partial charge < -0.3 is 5.32 Å². The number of hydrogen-bond acceptors (Lipinski definition) is 3. The third kappa shape index (κ3) is 3.40. The van der Waals surface area contributed by atoms with Crippen molar-refractivity contribution in [2.45, 2.75) is 50.5 Å². The van der Waals surface area contributed by atoms with Gasteiger partial charge in [-0.25, -0.2) is 13.6 Å². The van der Waals surface area contributed by atoms with E-state index in [2.05, 4.69) is 19.2 Å². The van der Waals surface area contributed by atoms with Gasteiger partial charge in [-0.1, -0.05) is 25.5 Å². The largest absolute Gasteiger partial charge is 0.310 e. The molecule has 1 unspecified atom stereocenters. The van der Waals surface area contributed by atoms with Crippen molar-refractivity contribution in [2.24, 2.45) is 10.6 Å². The molecule has 0 saturated heterocycles. The van der Waals surface area contributed by atoms with Gasteiger partial charge in [-0.05, 0) is 49.3 Å². The van der Waals surface area contributed by atoms with Crippen LogP contribution in [0.4, 0.5) is 0 Å². The molecule has 1 aromatic rings. The Morgan fingerprint density at radius 2 is 1.90 bits per heavy atom. The van der Waals surface area contributed by atoms with Crippen molar-refractivity contribution < 1.29 is 8.42 Å². The van der Waals surface area contributed by atoms with Crippen LogP contribution >= 0.6 is 0 Å². The summed E-state index contributed by atoms with van der Waals surface area (Å²) in [5.74, 6) is 0. The predicted octanol–water partition coefficient (Wildman–Crippen LogP) is 2.56. The topological polar surface area (TPSA) is 72.2 Å². The van der Waals surface area contributed by atoms with Crippen LogP contribution in [0.5, 0.6) is 0 Å². The summed E-state index contributed by atoms with van der Waals surface area (Å²) in [6.45, 7) is 5.39. The fourth-order valence-corrected chi connectivity index (χ4v) is 3.28. The van der Waals surface area contributed by atoms with Crippen LogP contribution in [0.15, 0.2) is 29.2 Å². The van der Waals surface area contributed by atoms with Gasteiger partial charge in [-0.2, -0.15) is 0 Å². The van der Waals surface area contributed by atoms with E-state index < -0.39 is 10.0 Å². The van der Waals surface area contributed by atoms with Gasteiger partial charge in [-0.15, -0.1) is 0 Å². The summed E-state index contributed by atoms with van der Waals surface area (Å²) >= 11 is 0. The Bertz CT molecular complexity index is 542. The number of nitrogens with two attached hydrogens (primary N) is 1. The van der Waals surface area contributed by atoms with Gasteiger partial charge in [-0.3, -0.25) is 0 Å². The van der Waals surface area contributed by atoms with Crippen molar-refractivity contribution >= 4 is 10.0 Å². The molecule has 1 aliphatic rings. The van der Waals surface area contributed by atoms with Gasteiger partial charge in [0.25, 0.3) is 0 Å². The fourth-order valence-electron chi connectivity index (χ4n) is 2.77. The minimum atomic E-state index is -3.60. The molecule has 0 radical (unpaired) electrons. The molecular formula is C15H24N2O2S. The Labute approximate surface area is 121 Å². The van der Waals surface area contributed by atoms with Crippen molar-refractivity contribution in [1.82, 2.24) is 5.32 Å². The average Bonchev–Trinajstić information content (AvgIpc) is 2.37. The van der Waals surface area contributed by atoms with E-state index in [9.17, 15) is 8.42 Å². The van der Waals surface area contributed by atoms with Gasteiger partial charge in [0.1, 0.15) is 0 Å². The molecule has 1 aromatic carbocycles. The van der Waals surface area contributed by atoms with Crippen LogP contribution in [0, 0.1) is 5.41 Å². The highest BCUT2D eigenvalue weighted by Gasteiger charge is 2.34. The van der Waals surface area contributed by atoms with Gasteiger partial charge in [0, 0.05) is 12.6 Å². The monoisotopic (exact) mass is 296 g/mol. The SMILES string of the molecule is CCC1(CNC(C)c2ccc(S(N)(=O)=O)cc2)CCC1. The Balaban J connectivity index is 1.97. The summed E-state index contributed by atoms with van der Waals surface area (Å²) in [6.07, 6.45) is 5.19. The molecule has 1 aliphatic carbocycles. The van der Waals surface area contributed by atoms with Crippen LogP contribution < -0.4 is 10.5 Å². The molecule has 4 nitrogen and oxygen atoms in total. The van der Waals surface area contributed by atoms with Crippen LogP contribution in [-0.4, -0.2) is 15.0 Å².